The molecule has 0 aliphatic carbocycles. The van der Waals surface area contributed by atoms with Crippen molar-refractivity contribution in [1.82, 2.24) is 19.9 Å². The molecule has 0 atom stereocenters. The molecule has 31 heavy (non-hydrogen) atoms. The lowest BCUT2D eigenvalue weighted by Crippen LogP contribution is -2.33. The summed E-state index contributed by atoms with van der Waals surface area (Å²) in [4.78, 5) is 16.2. The Kier molecular flexibility index (Phi) is 6.89. The van der Waals surface area contributed by atoms with Gasteiger partial charge >= 0.3 is 0 Å². The van der Waals surface area contributed by atoms with E-state index in [4.69, 9.17) is 9.72 Å². The fraction of sp³-hybridized carbons (Fsp3) is 0.320. The molecule has 1 aliphatic rings. The molecule has 3 aromatic rings. The number of rotatable bonds is 7. The highest BCUT2D eigenvalue weighted by Gasteiger charge is 2.22. The van der Waals surface area contributed by atoms with Crippen molar-refractivity contribution in [3.05, 3.63) is 72.2 Å². The largest absolute Gasteiger partial charge is 0.496 e. The Morgan fingerprint density at radius 3 is 2.71 bits per heavy atom. The molecule has 1 N–H and O–H groups in total. The van der Waals surface area contributed by atoms with Gasteiger partial charge in [-0.05, 0) is 44.1 Å². The number of benzene rings is 1. The van der Waals surface area contributed by atoms with Gasteiger partial charge in [-0.25, -0.2) is 9.97 Å². The molecular formula is C25H29N5O. The molecule has 3 heterocycles. The van der Waals surface area contributed by atoms with Gasteiger partial charge < -0.3 is 10.1 Å². The van der Waals surface area contributed by atoms with Gasteiger partial charge in [0.1, 0.15) is 11.6 Å². The second kappa shape index (κ2) is 10.2. The second-order valence-corrected chi connectivity index (χ2v) is 7.71. The first-order valence-corrected chi connectivity index (χ1v) is 10.8. The lowest BCUT2D eigenvalue weighted by molar-refractivity contribution is 0.231. The Balaban J connectivity index is 1.39. The summed E-state index contributed by atoms with van der Waals surface area (Å²) in [6.45, 7) is 3.06. The van der Waals surface area contributed by atoms with E-state index in [0.29, 0.717) is 5.92 Å². The van der Waals surface area contributed by atoms with Crippen molar-refractivity contribution in [3.8, 4) is 17.1 Å². The molecule has 0 saturated carbocycles. The number of hydrogen-bond acceptors (Lipinski definition) is 6. The Bertz CT molecular complexity index is 1010. The Hall–Kier alpha value is -3.25. The molecule has 0 bridgehead atoms. The van der Waals surface area contributed by atoms with Gasteiger partial charge in [-0.1, -0.05) is 30.4 Å². The number of nitrogens with zero attached hydrogens (tertiary/aromatic N) is 4. The van der Waals surface area contributed by atoms with Crippen LogP contribution in [-0.4, -0.2) is 53.6 Å². The van der Waals surface area contributed by atoms with Gasteiger partial charge in [-0.15, -0.1) is 0 Å². The van der Waals surface area contributed by atoms with Crippen LogP contribution in [0.15, 0.2) is 60.9 Å². The molecule has 0 unspecified atom stereocenters. The maximum absolute atomic E-state index is 5.43. The van der Waals surface area contributed by atoms with E-state index in [0.717, 1.165) is 66.7 Å². The standard InChI is InChI=1S/C25H29N5O/c1-26-24-17-22(28-25(29-24)21-8-5-13-27-18-21)19-11-15-30(16-12-19)14-6-9-20-7-3-4-10-23(20)31-2/h3-10,13,17-19H,11-12,14-16H2,1-2H3,(H,26,28,29). The minimum absolute atomic E-state index is 0.444. The zero-order valence-corrected chi connectivity index (χ0v) is 18.2. The minimum atomic E-state index is 0.444. The number of hydrogen-bond donors (Lipinski definition) is 1. The molecule has 6 nitrogen and oxygen atoms in total. The second-order valence-electron chi connectivity index (χ2n) is 7.71. The number of piperidine rings is 1. The molecule has 0 radical (unpaired) electrons. The number of methoxy groups -OCH3 is 1. The zero-order chi connectivity index (χ0) is 21.5. The summed E-state index contributed by atoms with van der Waals surface area (Å²) < 4.78 is 5.43. The topological polar surface area (TPSA) is 63.2 Å². The zero-order valence-electron chi connectivity index (χ0n) is 18.2. The number of para-hydroxylation sites is 1. The smallest absolute Gasteiger partial charge is 0.163 e. The van der Waals surface area contributed by atoms with E-state index in [1.54, 1.807) is 13.3 Å². The molecule has 1 fully saturated rings. The van der Waals surface area contributed by atoms with E-state index in [1.807, 2.05) is 43.6 Å². The molecule has 4 rings (SSSR count). The molecule has 0 amide bonds. The van der Waals surface area contributed by atoms with E-state index < -0.39 is 0 Å². The first-order valence-electron chi connectivity index (χ1n) is 10.8. The summed E-state index contributed by atoms with van der Waals surface area (Å²) in [5.41, 5.74) is 3.17. The number of ether oxygens (including phenoxy) is 1. The molecular weight excluding hydrogens is 386 g/mol. The van der Waals surface area contributed by atoms with Crippen molar-refractivity contribution in [2.24, 2.45) is 0 Å². The summed E-state index contributed by atoms with van der Waals surface area (Å²) in [7, 11) is 3.61. The van der Waals surface area contributed by atoms with Gasteiger partial charge in [0, 0.05) is 54.8 Å². The fourth-order valence-corrected chi connectivity index (χ4v) is 3.97. The molecule has 1 saturated heterocycles. The average Bonchev–Trinajstić information content (AvgIpc) is 2.85. The van der Waals surface area contributed by atoms with Crippen LogP contribution in [-0.2, 0) is 0 Å². The van der Waals surface area contributed by atoms with Crippen LogP contribution in [0.3, 0.4) is 0 Å². The Morgan fingerprint density at radius 2 is 1.97 bits per heavy atom. The number of anilines is 1. The van der Waals surface area contributed by atoms with Crippen molar-refractivity contribution in [3.63, 3.8) is 0 Å². The van der Waals surface area contributed by atoms with Crippen molar-refractivity contribution in [1.29, 1.82) is 0 Å². The highest BCUT2D eigenvalue weighted by Crippen LogP contribution is 2.29. The number of pyridine rings is 1. The highest BCUT2D eigenvalue weighted by molar-refractivity contribution is 5.57. The first kappa shape index (κ1) is 21.0. The van der Waals surface area contributed by atoms with E-state index in [1.165, 1.54) is 0 Å². The quantitative estimate of drug-likeness (QED) is 0.614. The molecule has 1 aliphatic heterocycles. The lowest BCUT2D eigenvalue weighted by Gasteiger charge is -2.31. The highest BCUT2D eigenvalue weighted by atomic mass is 16.5. The van der Waals surface area contributed by atoms with Crippen LogP contribution in [0.2, 0.25) is 0 Å². The monoisotopic (exact) mass is 415 g/mol. The first-order chi connectivity index (χ1) is 15.3. The van der Waals surface area contributed by atoms with Crippen LogP contribution in [0.5, 0.6) is 5.75 Å². The number of likely N-dealkylation sites (tertiary alicyclic amines) is 1. The predicted molar refractivity (Wildman–Crippen MR) is 125 cm³/mol. The molecule has 6 heteroatoms. The van der Waals surface area contributed by atoms with Crippen LogP contribution in [0, 0.1) is 0 Å². The van der Waals surface area contributed by atoms with Crippen molar-refractivity contribution < 1.29 is 4.74 Å². The maximum Gasteiger partial charge on any atom is 0.163 e. The van der Waals surface area contributed by atoms with E-state index in [9.17, 15) is 0 Å². The Morgan fingerprint density at radius 1 is 1.13 bits per heavy atom. The van der Waals surface area contributed by atoms with Gasteiger partial charge in [-0.2, -0.15) is 0 Å². The molecule has 1 aromatic carbocycles. The third-order valence-corrected chi connectivity index (χ3v) is 5.73. The Labute approximate surface area is 184 Å². The fourth-order valence-electron chi connectivity index (χ4n) is 3.97. The summed E-state index contributed by atoms with van der Waals surface area (Å²) in [5, 5.41) is 3.18. The van der Waals surface area contributed by atoms with E-state index in [-0.39, 0.29) is 0 Å². The molecule has 0 spiro atoms. The SMILES string of the molecule is CNc1cc(C2CCN(CC=Cc3ccccc3OC)CC2)nc(-c2cccnc2)n1. The van der Waals surface area contributed by atoms with Crippen LogP contribution in [0.1, 0.15) is 30.0 Å². The summed E-state index contributed by atoms with van der Waals surface area (Å²) in [6, 6.07) is 14.1. The van der Waals surface area contributed by atoms with Crippen LogP contribution in [0.25, 0.3) is 17.5 Å². The average molecular weight is 416 g/mol. The van der Waals surface area contributed by atoms with Crippen molar-refractivity contribution >= 4 is 11.9 Å². The number of aromatic nitrogens is 3. The summed E-state index contributed by atoms with van der Waals surface area (Å²) in [5.74, 6) is 2.94. The van der Waals surface area contributed by atoms with E-state index >= 15 is 0 Å². The van der Waals surface area contributed by atoms with Crippen molar-refractivity contribution in [2.45, 2.75) is 18.8 Å². The predicted octanol–water partition coefficient (Wildman–Crippen LogP) is 4.48. The van der Waals surface area contributed by atoms with E-state index in [2.05, 4.69) is 44.5 Å². The van der Waals surface area contributed by atoms with Crippen LogP contribution >= 0.6 is 0 Å². The van der Waals surface area contributed by atoms with Gasteiger partial charge in [0.15, 0.2) is 5.82 Å². The van der Waals surface area contributed by atoms with Gasteiger partial charge in [-0.3, -0.25) is 9.88 Å². The van der Waals surface area contributed by atoms with Crippen molar-refractivity contribution in [2.75, 3.05) is 39.1 Å². The van der Waals surface area contributed by atoms with Gasteiger partial charge in [0.2, 0.25) is 0 Å². The normalized spacial score (nSPS) is 15.3. The minimum Gasteiger partial charge on any atom is -0.496 e. The maximum atomic E-state index is 5.43. The number of nitrogens with one attached hydrogen (secondary N) is 1. The van der Waals surface area contributed by atoms with Gasteiger partial charge in [0.05, 0.1) is 7.11 Å². The van der Waals surface area contributed by atoms with Gasteiger partial charge in [0.25, 0.3) is 0 Å². The molecule has 160 valence electrons. The lowest BCUT2D eigenvalue weighted by atomic mass is 9.93. The van der Waals surface area contributed by atoms with Crippen LogP contribution in [0.4, 0.5) is 5.82 Å². The summed E-state index contributed by atoms with van der Waals surface area (Å²) in [6.07, 6.45) is 10.1. The third kappa shape index (κ3) is 5.27. The molecule has 2 aromatic heterocycles. The van der Waals surface area contributed by atoms with Crippen LogP contribution < -0.4 is 10.1 Å². The third-order valence-electron chi connectivity index (χ3n) is 5.73. The summed E-state index contributed by atoms with van der Waals surface area (Å²) >= 11 is 0.